The number of nitrogens with zero attached hydrogens (tertiary/aromatic N) is 4. The molecule has 1 aliphatic heterocycles. The summed E-state index contributed by atoms with van der Waals surface area (Å²) < 4.78 is 41.1. The summed E-state index contributed by atoms with van der Waals surface area (Å²) in [5.41, 5.74) is 4.53. The van der Waals surface area contributed by atoms with Gasteiger partial charge >= 0.3 is 12.5 Å². The number of halogens is 4. The lowest BCUT2D eigenvalue weighted by atomic mass is 9.58. The Labute approximate surface area is 180 Å². The van der Waals surface area contributed by atoms with E-state index in [1.165, 1.54) is 12.1 Å². The number of fused-ring (bicyclic) bond motifs is 1. The molecule has 158 valence electrons. The zero-order valence-electron chi connectivity index (χ0n) is 15.7. The van der Waals surface area contributed by atoms with Crippen LogP contribution in [0.25, 0.3) is 0 Å². The Hall–Kier alpha value is -3.68. The largest absolute Gasteiger partial charge is 0.576 e. The van der Waals surface area contributed by atoms with Crippen molar-refractivity contribution in [2.45, 2.75) is 12.3 Å². The van der Waals surface area contributed by atoms with Crippen LogP contribution in [0.4, 0.5) is 18.0 Å². The molecule has 31 heavy (non-hydrogen) atoms. The maximum atomic E-state index is 12.5. The Bertz CT molecular complexity index is 1110. The van der Waals surface area contributed by atoms with Crippen LogP contribution in [0, 0.1) is 45.3 Å². The highest BCUT2D eigenvalue weighted by molar-refractivity contribution is 6.30. The number of alkyl halides is 3. The van der Waals surface area contributed by atoms with Crippen molar-refractivity contribution in [3.05, 3.63) is 57.8 Å². The third-order valence-corrected chi connectivity index (χ3v) is 5.57. The molecule has 1 aliphatic carbocycles. The summed E-state index contributed by atoms with van der Waals surface area (Å²) in [6.07, 6.45) is -5.42. The van der Waals surface area contributed by atoms with Crippen LogP contribution in [0.2, 0.25) is 5.02 Å². The molecule has 0 unspecified atom stereocenters. The monoisotopic (exact) mass is 447 g/mol. The number of nitrogens with two attached hydrogens (primary N) is 1. The Morgan fingerprint density at radius 2 is 1.97 bits per heavy atom. The van der Waals surface area contributed by atoms with E-state index in [2.05, 4.69) is 4.74 Å². The first-order valence-electron chi connectivity index (χ1n) is 8.81. The van der Waals surface area contributed by atoms with E-state index in [0.29, 0.717) is 16.2 Å². The average Bonchev–Trinajstić information content (AvgIpc) is 2.71. The van der Waals surface area contributed by atoms with Gasteiger partial charge in [-0.1, -0.05) is 29.8 Å². The maximum absolute atomic E-state index is 12.5. The predicted molar refractivity (Wildman–Crippen MR) is 100 cm³/mol. The fourth-order valence-corrected chi connectivity index (χ4v) is 4.27. The van der Waals surface area contributed by atoms with Crippen LogP contribution >= 0.6 is 11.6 Å². The van der Waals surface area contributed by atoms with Gasteiger partial charge in [-0.25, -0.2) is 4.79 Å². The van der Waals surface area contributed by atoms with E-state index < -0.39 is 29.7 Å². The Morgan fingerprint density at radius 3 is 2.52 bits per heavy atom. The molecule has 2 atom stereocenters. The van der Waals surface area contributed by atoms with E-state index >= 15 is 0 Å². The molecule has 0 radical (unpaired) electrons. The number of nitriles is 3. The first-order valence-corrected chi connectivity index (χ1v) is 9.19. The van der Waals surface area contributed by atoms with Crippen molar-refractivity contribution in [1.82, 2.24) is 4.90 Å². The summed E-state index contributed by atoms with van der Waals surface area (Å²) in [5.74, 6) is -1.89. The molecule has 11 heteroatoms. The van der Waals surface area contributed by atoms with Crippen molar-refractivity contribution >= 4 is 17.7 Å². The van der Waals surface area contributed by atoms with Crippen LogP contribution in [-0.2, 0) is 4.74 Å². The van der Waals surface area contributed by atoms with Gasteiger partial charge in [0.05, 0.1) is 23.4 Å². The highest BCUT2D eigenvalue weighted by Crippen LogP contribution is 2.54. The molecule has 1 heterocycles. The third kappa shape index (κ3) is 3.76. The number of benzene rings is 1. The Kier molecular flexibility index (Phi) is 5.59. The summed E-state index contributed by atoms with van der Waals surface area (Å²) in [5, 5.41) is 29.8. The van der Waals surface area contributed by atoms with Gasteiger partial charge < -0.3 is 15.4 Å². The van der Waals surface area contributed by atoms with Crippen molar-refractivity contribution in [2.24, 2.45) is 17.1 Å². The lowest BCUT2D eigenvalue weighted by Gasteiger charge is -2.45. The number of rotatable bonds is 1. The number of carbonyl (C=O) groups excluding carboxylic acids is 1. The molecule has 1 amide bonds. The molecule has 1 aromatic rings. The molecular formula is C20H13ClF3N5O2. The molecule has 0 fully saturated rings. The smallest absolute Gasteiger partial charge is 0.399 e. The minimum Gasteiger partial charge on any atom is -0.399 e. The molecule has 3 rings (SSSR count). The zero-order chi connectivity index (χ0) is 23.0. The second-order valence-electron chi connectivity index (χ2n) is 6.95. The molecule has 0 aromatic heterocycles. The number of amides is 1. The quantitative estimate of drug-likeness (QED) is 0.698. The van der Waals surface area contributed by atoms with Crippen LogP contribution in [0.5, 0.6) is 0 Å². The standard InChI is InChI=1S/C20H13ClF3N5O2/c21-12-3-1-2-11(6-12)16-15-8-29(18(30)31-20(22,23)24)5-4-13(15)14(7-25)17(28)19(16,9-26)10-27/h1-4,6,15-16H,5,8,28H2/t15-,16+/m0/s1. The lowest BCUT2D eigenvalue weighted by Crippen LogP contribution is -2.49. The SMILES string of the molecule is N#CC1=C(N)C(C#N)(C#N)[C@H](c2cccc(Cl)c2)[C@H]2CN(C(=O)OC(F)(F)F)CC=C12. The molecule has 1 aromatic carbocycles. The fraction of sp³-hybridized carbons (Fsp3) is 0.300. The maximum Gasteiger partial charge on any atom is 0.576 e. The van der Waals surface area contributed by atoms with E-state index in [-0.39, 0.29) is 24.4 Å². The fourth-order valence-electron chi connectivity index (χ4n) is 4.07. The van der Waals surface area contributed by atoms with Gasteiger partial charge in [-0.05, 0) is 23.3 Å². The van der Waals surface area contributed by atoms with E-state index in [1.807, 2.05) is 18.2 Å². The second-order valence-corrected chi connectivity index (χ2v) is 7.39. The molecular weight excluding hydrogens is 435 g/mol. The van der Waals surface area contributed by atoms with Gasteiger partial charge in [0.25, 0.3) is 0 Å². The number of carbonyl (C=O) groups is 1. The number of allylic oxidation sites excluding steroid dienone is 2. The normalized spacial score (nSPS) is 22.4. The topological polar surface area (TPSA) is 127 Å². The molecule has 2 N–H and O–H groups in total. The molecule has 0 saturated heterocycles. The predicted octanol–water partition coefficient (Wildman–Crippen LogP) is 3.72. The van der Waals surface area contributed by atoms with Crippen LogP contribution in [0.3, 0.4) is 0 Å². The van der Waals surface area contributed by atoms with Crippen molar-refractivity contribution in [1.29, 1.82) is 15.8 Å². The lowest BCUT2D eigenvalue weighted by molar-refractivity contribution is -0.294. The van der Waals surface area contributed by atoms with Gasteiger partial charge in [-0.2, -0.15) is 15.8 Å². The molecule has 7 nitrogen and oxygen atoms in total. The van der Waals surface area contributed by atoms with Crippen LogP contribution in [0.15, 0.2) is 47.2 Å². The van der Waals surface area contributed by atoms with Crippen molar-refractivity contribution in [3.63, 3.8) is 0 Å². The number of ether oxygens (including phenoxy) is 1. The van der Waals surface area contributed by atoms with Gasteiger partial charge in [-0.3, -0.25) is 0 Å². The van der Waals surface area contributed by atoms with Gasteiger partial charge in [0.2, 0.25) is 0 Å². The summed E-state index contributed by atoms with van der Waals surface area (Å²) in [4.78, 5) is 12.8. The second kappa shape index (κ2) is 7.86. The average molecular weight is 448 g/mol. The van der Waals surface area contributed by atoms with Crippen LogP contribution in [0.1, 0.15) is 11.5 Å². The first kappa shape index (κ1) is 22.0. The van der Waals surface area contributed by atoms with Gasteiger partial charge in [0, 0.05) is 29.9 Å². The summed E-state index contributed by atoms with van der Waals surface area (Å²) in [6, 6.07) is 11.9. The van der Waals surface area contributed by atoms with E-state index in [1.54, 1.807) is 18.2 Å². The minimum atomic E-state index is -5.18. The molecule has 0 bridgehead atoms. The summed E-state index contributed by atoms with van der Waals surface area (Å²) >= 11 is 6.08. The highest BCUT2D eigenvalue weighted by Gasteiger charge is 2.55. The zero-order valence-corrected chi connectivity index (χ0v) is 16.4. The Morgan fingerprint density at radius 1 is 1.29 bits per heavy atom. The number of hydrogen-bond donors (Lipinski definition) is 1. The van der Waals surface area contributed by atoms with Crippen molar-refractivity contribution < 1.29 is 22.7 Å². The van der Waals surface area contributed by atoms with Crippen LogP contribution in [-0.4, -0.2) is 30.4 Å². The van der Waals surface area contributed by atoms with E-state index in [9.17, 15) is 33.8 Å². The summed E-state index contributed by atoms with van der Waals surface area (Å²) in [7, 11) is 0. The summed E-state index contributed by atoms with van der Waals surface area (Å²) in [6.45, 7) is -0.602. The molecule has 0 spiro atoms. The first-order chi connectivity index (χ1) is 14.6. The van der Waals surface area contributed by atoms with Crippen molar-refractivity contribution in [2.75, 3.05) is 13.1 Å². The van der Waals surface area contributed by atoms with E-state index in [4.69, 9.17) is 17.3 Å². The van der Waals surface area contributed by atoms with Crippen molar-refractivity contribution in [3.8, 4) is 18.2 Å². The Balaban J connectivity index is 2.19. The van der Waals surface area contributed by atoms with Crippen LogP contribution < -0.4 is 5.73 Å². The van der Waals surface area contributed by atoms with E-state index in [0.717, 1.165) is 4.90 Å². The third-order valence-electron chi connectivity index (χ3n) is 5.33. The molecule has 2 aliphatic rings. The molecule has 0 saturated carbocycles. The highest BCUT2D eigenvalue weighted by atomic mass is 35.5. The minimum absolute atomic E-state index is 0.102. The van der Waals surface area contributed by atoms with Gasteiger partial charge in [0.1, 0.15) is 6.07 Å². The van der Waals surface area contributed by atoms with Gasteiger partial charge in [-0.15, -0.1) is 13.2 Å². The van der Waals surface area contributed by atoms with Gasteiger partial charge in [0.15, 0.2) is 5.41 Å². The number of hydrogen-bond acceptors (Lipinski definition) is 6.